The Morgan fingerprint density at radius 1 is 1.29 bits per heavy atom. The summed E-state index contributed by atoms with van der Waals surface area (Å²) in [7, 11) is 0. The number of rotatable bonds is 6. The number of fused-ring (bicyclic) bond motifs is 1. The number of halogens is 1. The van der Waals surface area contributed by atoms with Crippen molar-refractivity contribution in [2.45, 2.75) is 52.5 Å². The first-order valence-electron chi connectivity index (χ1n) is 10.8. The molecule has 4 rings (SSSR count). The quantitative estimate of drug-likeness (QED) is 0.600. The highest BCUT2D eigenvalue weighted by molar-refractivity contribution is 5.95. The fraction of sp³-hybridized carbons (Fsp3) is 0.478. The van der Waals surface area contributed by atoms with Gasteiger partial charge in [-0.3, -0.25) is 9.20 Å². The van der Waals surface area contributed by atoms with Gasteiger partial charge >= 0.3 is 0 Å². The molecule has 0 aliphatic carbocycles. The second kappa shape index (κ2) is 8.99. The van der Waals surface area contributed by atoms with Gasteiger partial charge in [-0.1, -0.05) is 13.8 Å². The first-order chi connectivity index (χ1) is 14.9. The Balaban J connectivity index is 1.59. The van der Waals surface area contributed by atoms with Gasteiger partial charge < -0.3 is 9.64 Å². The highest BCUT2D eigenvalue weighted by Gasteiger charge is 2.31. The topological polar surface area (TPSA) is 72.6 Å². The van der Waals surface area contributed by atoms with Gasteiger partial charge in [0.1, 0.15) is 6.33 Å². The van der Waals surface area contributed by atoms with Crippen molar-refractivity contribution in [3.05, 3.63) is 53.8 Å². The van der Waals surface area contributed by atoms with Crippen LogP contribution >= 0.6 is 0 Å². The van der Waals surface area contributed by atoms with E-state index in [0.29, 0.717) is 36.9 Å². The van der Waals surface area contributed by atoms with Crippen LogP contribution in [-0.2, 0) is 6.42 Å². The number of pyridine rings is 1. The molecule has 1 fully saturated rings. The summed E-state index contributed by atoms with van der Waals surface area (Å²) >= 11 is 0. The number of amides is 1. The van der Waals surface area contributed by atoms with Gasteiger partial charge in [-0.05, 0) is 44.2 Å². The monoisotopic (exact) mass is 425 g/mol. The van der Waals surface area contributed by atoms with Gasteiger partial charge in [0.25, 0.3) is 5.91 Å². The molecule has 0 N–H and O–H groups in total. The minimum Gasteiger partial charge on any atom is -0.491 e. The van der Waals surface area contributed by atoms with Crippen molar-refractivity contribution in [1.29, 1.82) is 0 Å². The largest absolute Gasteiger partial charge is 0.491 e. The molecule has 0 saturated carbocycles. The zero-order chi connectivity index (χ0) is 22.0. The lowest BCUT2D eigenvalue weighted by atomic mass is 9.97. The van der Waals surface area contributed by atoms with Crippen molar-refractivity contribution in [3.8, 4) is 5.75 Å². The summed E-state index contributed by atoms with van der Waals surface area (Å²) in [6.07, 6.45) is 7.88. The van der Waals surface area contributed by atoms with E-state index in [1.54, 1.807) is 10.6 Å². The molecule has 1 aliphatic heterocycles. The molecule has 7 nitrogen and oxygen atoms in total. The number of aryl methyl sites for hydroxylation is 1. The second-order valence-corrected chi connectivity index (χ2v) is 8.56. The summed E-state index contributed by atoms with van der Waals surface area (Å²) in [4.78, 5) is 28.2. The van der Waals surface area contributed by atoms with Gasteiger partial charge in [0.05, 0.1) is 18.5 Å². The number of aromatic nitrogens is 4. The summed E-state index contributed by atoms with van der Waals surface area (Å²) in [5.74, 6) is 0.288. The van der Waals surface area contributed by atoms with Crippen LogP contribution in [0.4, 0.5) is 4.39 Å². The summed E-state index contributed by atoms with van der Waals surface area (Å²) in [5.41, 5.74) is 2.13. The Labute approximate surface area is 181 Å². The lowest BCUT2D eigenvalue weighted by molar-refractivity contribution is 0.0600. The molecule has 1 saturated heterocycles. The first kappa shape index (κ1) is 21.2. The predicted octanol–water partition coefficient (Wildman–Crippen LogP) is 3.84. The van der Waals surface area contributed by atoms with Crippen LogP contribution < -0.4 is 4.74 Å². The normalized spacial score (nSPS) is 16.8. The molecule has 0 bridgehead atoms. The number of carbonyl (C=O) groups is 1. The zero-order valence-corrected chi connectivity index (χ0v) is 18.2. The molecule has 1 amide bonds. The average molecular weight is 426 g/mol. The van der Waals surface area contributed by atoms with E-state index in [2.05, 4.69) is 28.8 Å². The predicted molar refractivity (Wildman–Crippen MR) is 115 cm³/mol. The van der Waals surface area contributed by atoms with Gasteiger partial charge in [0.15, 0.2) is 22.9 Å². The summed E-state index contributed by atoms with van der Waals surface area (Å²) in [6.45, 7) is 7.19. The maximum absolute atomic E-state index is 14.0. The Bertz CT molecular complexity index is 1080. The van der Waals surface area contributed by atoms with Crippen LogP contribution in [-0.4, -0.2) is 49.4 Å². The minimum absolute atomic E-state index is 0.0255. The Hall–Kier alpha value is -3.03. The van der Waals surface area contributed by atoms with E-state index >= 15 is 0 Å². The van der Waals surface area contributed by atoms with Crippen molar-refractivity contribution < 1.29 is 13.9 Å². The van der Waals surface area contributed by atoms with E-state index in [1.807, 2.05) is 24.0 Å². The van der Waals surface area contributed by atoms with Crippen LogP contribution in [0.3, 0.4) is 0 Å². The Morgan fingerprint density at radius 3 is 2.90 bits per heavy atom. The molecule has 3 aromatic heterocycles. The lowest BCUT2D eigenvalue weighted by Gasteiger charge is -2.35. The summed E-state index contributed by atoms with van der Waals surface area (Å²) in [6, 6.07) is 3.66. The first-order valence-corrected chi connectivity index (χ1v) is 10.8. The van der Waals surface area contributed by atoms with Crippen molar-refractivity contribution in [3.63, 3.8) is 0 Å². The molecule has 3 aromatic rings. The van der Waals surface area contributed by atoms with Crippen LogP contribution in [0.1, 0.15) is 55.0 Å². The summed E-state index contributed by atoms with van der Waals surface area (Å²) in [5, 5.41) is 0. The molecule has 0 spiro atoms. The van der Waals surface area contributed by atoms with E-state index in [4.69, 9.17) is 4.74 Å². The molecule has 31 heavy (non-hydrogen) atoms. The number of hydrogen-bond acceptors (Lipinski definition) is 5. The Morgan fingerprint density at radius 2 is 2.13 bits per heavy atom. The maximum atomic E-state index is 14.0. The molecular formula is C23H28FN5O2. The van der Waals surface area contributed by atoms with Gasteiger partial charge in [0, 0.05) is 30.9 Å². The SMILES string of the molecule is Cc1ccc(OCC(C)C)c(C(=O)N2CCCC[C@H]2Cc2cn3cncc(F)c3n2)n1. The molecule has 1 atom stereocenters. The standard InChI is InChI=1S/C23H28FN5O2/c1-15(2)13-31-20-8-7-16(3)26-21(20)23(30)29-9-5-4-6-18(29)10-17-12-28-14-25-11-19(24)22(28)27-17/h7-8,11-12,14-15,18H,4-6,9-10,13H2,1-3H3/t18-/m0/s1. The fourth-order valence-electron chi connectivity index (χ4n) is 3.96. The molecule has 164 valence electrons. The fourth-order valence-corrected chi connectivity index (χ4v) is 3.96. The highest BCUT2D eigenvalue weighted by Crippen LogP contribution is 2.26. The molecule has 1 aliphatic rings. The number of hydrogen-bond donors (Lipinski definition) is 0. The van der Waals surface area contributed by atoms with Crippen LogP contribution in [0.25, 0.3) is 5.65 Å². The van der Waals surface area contributed by atoms with Crippen LogP contribution in [0.15, 0.2) is 30.9 Å². The third kappa shape index (κ3) is 4.68. The number of nitrogens with zero attached hydrogens (tertiary/aromatic N) is 5. The van der Waals surface area contributed by atoms with Gasteiger partial charge in [-0.15, -0.1) is 0 Å². The second-order valence-electron chi connectivity index (χ2n) is 8.56. The van der Waals surface area contributed by atoms with Crippen molar-refractivity contribution in [2.24, 2.45) is 5.92 Å². The van der Waals surface area contributed by atoms with Crippen molar-refractivity contribution in [1.82, 2.24) is 24.3 Å². The maximum Gasteiger partial charge on any atom is 0.276 e. The van der Waals surface area contributed by atoms with E-state index in [1.165, 1.54) is 6.33 Å². The van der Waals surface area contributed by atoms with Gasteiger partial charge in [-0.25, -0.2) is 19.3 Å². The molecular weight excluding hydrogens is 397 g/mol. The lowest BCUT2D eigenvalue weighted by Crippen LogP contribution is -2.45. The molecule has 0 radical (unpaired) electrons. The van der Waals surface area contributed by atoms with E-state index in [-0.39, 0.29) is 17.6 Å². The van der Waals surface area contributed by atoms with Gasteiger partial charge in [0.2, 0.25) is 0 Å². The van der Waals surface area contributed by atoms with Crippen molar-refractivity contribution >= 4 is 11.6 Å². The molecule has 0 unspecified atom stereocenters. The van der Waals surface area contributed by atoms with Crippen molar-refractivity contribution in [2.75, 3.05) is 13.2 Å². The third-order valence-corrected chi connectivity index (χ3v) is 5.48. The van der Waals surface area contributed by atoms with E-state index < -0.39 is 5.82 Å². The van der Waals surface area contributed by atoms with Crippen LogP contribution in [0.5, 0.6) is 5.75 Å². The molecule has 0 aromatic carbocycles. The number of ether oxygens (including phenoxy) is 1. The number of piperidine rings is 1. The zero-order valence-electron chi connectivity index (χ0n) is 18.2. The van der Waals surface area contributed by atoms with E-state index in [9.17, 15) is 9.18 Å². The number of likely N-dealkylation sites (tertiary alicyclic amines) is 1. The van der Waals surface area contributed by atoms with Crippen LogP contribution in [0.2, 0.25) is 0 Å². The Kier molecular flexibility index (Phi) is 6.15. The average Bonchev–Trinajstić information content (AvgIpc) is 3.16. The molecule has 8 heteroatoms. The molecule has 4 heterocycles. The van der Waals surface area contributed by atoms with Crippen LogP contribution in [0, 0.1) is 18.7 Å². The minimum atomic E-state index is -0.457. The number of imidazole rings is 1. The summed E-state index contributed by atoms with van der Waals surface area (Å²) < 4.78 is 21.5. The van der Waals surface area contributed by atoms with E-state index in [0.717, 1.165) is 36.8 Å². The third-order valence-electron chi connectivity index (χ3n) is 5.48. The smallest absolute Gasteiger partial charge is 0.276 e. The highest BCUT2D eigenvalue weighted by atomic mass is 19.1. The van der Waals surface area contributed by atoms with Gasteiger partial charge in [-0.2, -0.15) is 0 Å². The number of carbonyl (C=O) groups excluding carboxylic acids is 1.